The van der Waals surface area contributed by atoms with Crippen LogP contribution >= 0.6 is 11.8 Å². The summed E-state index contributed by atoms with van der Waals surface area (Å²) in [5.74, 6) is 0.785. The number of hydrogen-bond donors (Lipinski definition) is 0. The Hall–Kier alpha value is -2.66. The minimum absolute atomic E-state index is 0.00947. The standard InChI is InChI=1S/C23H22N2O2S/c1-15-9-11-17(12-10-15)14-28-22-20-7-4-8-21(20)25(23(27)24-22)19-6-3-5-18(13-19)16(2)26/h3,5-6,9-13H,4,7-8,14H2,1-2H3. The molecule has 0 fully saturated rings. The lowest BCUT2D eigenvalue weighted by Gasteiger charge is -2.15. The molecule has 142 valence electrons. The Morgan fingerprint density at radius 1 is 1.14 bits per heavy atom. The highest BCUT2D eigenvalue weighted by molar-refractivity contribution is 7.98. The van der Waals surface area contributed by atoms with Crippen LogP contribution in [0.2, 0.25) is 0 Å². The molecule has 1 aliphatic carbocycles. The summed E-state index contributed by atoms with van der Waals surface area (Å²) >= 11 is 1.63. The predicted molar refractivity (Wildman–Crippen MR) is 113 cm³/mol. The van der Waals surface area contributed by atoms with E-state index in [2.05, 4.69) is 36.2 Å². The Morgan fingerprint density at radius 3 is 2.68 bits per heavy atom. The van der Waals surface area contributed by atoms with Gasteiger partial charge in [0.1, 0.15) is 5.03 Å². The van der Waals surface area contributed by atoms with Crippen molar-refractivity contribution in [1.29, 1.82) is 0 Å². The quantitative estimate of drug-likeness (QED) is 0.365. The minimum Gasteiger partial charge on any atom is -0.295 e. The average molecular weight is 391 g/mol. The van der Waals surface area contributed by atoms with Crippen molar-refractivity contribution >= 4 is 17.5 Å². The molecule has 0 radical (unpaired) electrons. The van der Waals surface area contributed by atoms with Crippen molar-refractivity contribution in [2.24, 2.45) is 0 Å². The third-order valence-electron chi connectivity index (χ3n) is 5.11. The third-order valence-corrected chi connectivity index (χ3v) is 6.20. The van der Waals surface area contributed by atoms with Gasteiger partial charge in [0.15, 0.2) is 5.78 Å². The first kappa shape index (κ1) is 18.7. The van der Waals surface area contributed by atoms with Crippen LogP contribution in [0.3, 0.4) is 0 Å². The summed E-state index contributed by atoms with van der Waals surface area (Å²) in [6.07, 6.45) is 2.81. The number of fused-ring (bicyclic) bond motifs is 1. The van der Waals surface area contributed by atoms with Crippen LogP contribution in [-0.4, -0.2) is 15.3 Å². The van der Waals surface area contributed by atoms with Gasteiger partial charge in [-0.2, -0.15) is 4.98 Å². The zero-order valence-electron chi connectivity index (χ0n) is 16.1. The molecule has 3 aromatic rings. The Morgan fingerprint density at radius 2 is 1.93 bits per heavy atom. The molecular formula is C23H22N2O2S. The maximum Gasteiger partial charge on any atom is 0.353 e. The van der Waals surface area contributed by atoms with Crippen LogP contribution in [0, 0.1) is 6.92 Å². The summed E-state index contributed by atoms with van der Waals surface area (Å²) < 4.78 is 1.69. The largest absolute Gasteiger partial charge is 0.353 e. The van der Waals surface area contributed by atoms with E-state index in [1.807, 2.05) is 12.1 Å². The first-order valence-electron chi connectivity index (χ1n) is 9.47. The van der Waals surface area contributed by atoms with Gasteiger partial charge in [0.2, 0.25) is 0 Å². The normalized spacial score (nSPS) is 12.8. The number of hydrogen-bond acceptors (Lipinski definition) is 4. The second-order valence-electron chi connectivity index (χ2n) is 7.19. The average Bonchev–Trinajstić information content (AvgIpc) is 3.17. The van der Waals surface area contributed by atoms with Crippen LogP contribution in [0.5, 0.6) is 0 Å². The molecule has 0 bridgehead atoms. The van der Waals surface area contributed by atoms with E-state index in [9.17, 15) is 9.59 Å². The molecule has 1 heterocycles. The van der Waals surface area contributed by atoms with E-state index in [0.29, 0.717) is 5.56 Å². The van der Waals surface area contributed by atoms with Crippen molar-refractivity contribution in [3.05, 3.63) is 87.0 Å². The highest BCUT2D eigenvalue weighted by Gasteiger charge is 2.23. The van der Waals surface area contributed by atoms with Crippen LogP contribution < -0.4 is 5.69 Å². The van der Waals surface area contributed by atoms with Crippen LogP contribution in [0.4, 0.5) is 0 Å². The summed E-state index contributed by atoms with van der Waals surface area (Å²) in [5.41, 5.74) is 5.72. The number of rotatable bonds is 5. The lowest BCUT2D eigenvalue weighted by atomic mass is 10.1. The molecule has 28 heavy (non-hydrogen) atoms. The second kappa shape index (κ2) is 7.76. The van der Waals surface area contributed by atoms with Gasteiger partial charge in [0.05, 0.1) is 5.69 Å². The molecule has 1 aliphatic rings. The molecule has 0 atom stereocenters. The third kappa shape index (κ3) is 3.67. The van der Waals surface area contributed by atoms with E-state index in [-0.39, 0.29) is 11.5 Å². The molecule has 0 saturated heterocycles. The van der Waals surface area contributed by atoms with Crippen LogP contribution in [0.15, 0.2) is 58.4 Å². The van der Waals surface area contributed by atoms with Crippen LogP contribution in [0.1, 0.15) is 46.1 Å². The van der Waals surface area contributed by atoms with Crippen molar-refractivity contribution in [3.8, 4) is 5.69 Å². The summed E-state index contributed by atoms with van der Waals surface area (Å²) in [6.45, 7) is 3.61. The molecule has 0 aliphatic heterocycles. The van der Waals surface area contributed by atoms with Gasteiger partial charge >= 0.3 is 5.69 Å². The molecule has 0 saturated carbocycles. The Bertz CT molecular complexity index is 1100. The van der Waals surface area contributed by atoms with Gasteiger partial charge in [-0.1, -0.05) is 42.0 Å². The number of Topliss-reactive ketones (excluding diaryl/α,β-unsaturated/α-hetero) is 1. The zero-order valence-corrected chi connectivity index (χ0v) is 16.9. The number of thioether (sulfide) groups is 1. The second-order valence-corrected chi connectivity index (χ2v) is 8.16. The fourth-order valence-electron chi connectivity index (χ4n) is 3.61. The number of aryl methyl sites for hydroxylation is 1. The van der Waals surface area contributed by atoms with Gasteiger partial charge in [-0.25, -0.2) is 4.79 Å². The summed E-state index contributed by atoms with van der Waals surface area (Å²) in [7, 11) is 0. The van der Waals surface area contributed by atoms with Crippen LogP contribution in [0.25, 0.3) is 5.69 Å². The maximum absolute atomic E-state index is 12.9. The molecule has 1 aromatic heterocycles. The molecule has 0 N–H and O–H groups in total. The van der Waals surface area contributed by atoms with Crippen molar-refractivity contribution in [1.82, 2.24) is 9.55 Å². The Labute approximate surface area is 168 Å². The van der Waals surface area contributed by atoms with Gasteiger partial charge in [0, 0.05) is 22.6 Å². The Balaban J connectivity index is 1.70. The summed E-state index contributed by atoms with van der Waals surface area (Å²) in [4.78, 5) is 29.0. The van der Waals surface area contributed by atoms with E-state index in [1.54, 1.807) is 28.5 Å². The fourth-order valence-corrected chi connectivity index (χ4v) is 4.64. The molecule has 5 heteroatoms. The molecule has 0 unspecified atom stereocenters. The zero-order chi connectivity index (χ0) is 19.7. The smallest absolute Gasteiger partial charge is 0.295 e. The highest BCUT2D eigenvalue weighted by Crippen LogP contribution is 2.32. The van der Waals surface area contributed by atoms with E-state index in [1.165, 1.54) is 23.6 Å². The van der Waals surface area contributed by atoms with Crippen LogP contribution in [-0.2, 0) is 18.6 Å². The lowest BCUT2D eigenvalue weighted by molar-refractivity contribution is 0.101. The van der Waals surface area contributed by atoms with Crippen molar-refractivity contribution in [2.75, 3.05) is 0 Å². The number of benzene rings is 2. The molecular weight excluding hydrogens is 368 g/mol. The lowest BCUT2D eigenvalue weighted by Crippen LogP contribution is -2.26. The topological polar surface area (TPSA) is 52.0 Å². The molecule has 4 rings (SSSR count). The van der Waals surface area contributed by atoms with Gasteiger partial charge in [-0.05, 0) is 50.8 Å². The number of carbonyl (C=O) groups excluding carboxylic acids is 1. The SMILES string of the molecule is CC(=O)c1cccc(-n2c3c(c(SCc4ccc(C)cc4)nc2=O)CCC3)c1. The van der Waals surface area contributed by atoms with E-state index >= 15 is 0 Å². The first-order chi connectivity index (χ1) is 13.5. The van der Waals surface area contributed by atoms with Crippen molar-refractivity contribution < 1.29 is 4.79 Å². The molecule has 4 nitrogen and oxygen atoms in total. The maximum atomic E-state index is 12.9. The monoisotopic (exact) mass is 390 g/mol. The highest BCUT2D eigenvalue weighted by atomic mass is 32.2. The van der Waals surface area contributed by atoms with E-state index in [4.69, 9.17) is 0 Å². The van der Waals surface area contributed by atoms with Crippen molar-refractivity contribution in [3.63, 3.8) is 0 Å². The molecule has 0 amide bonds. The summed E-state index contributed by atoms with van der Waals surface area (Å²) in [6, 6.07) is 15.7. The van der Waals surface area contributed by atoms with E-state index < -0.39 is 0 Å². The molecule has 0 spiro atoms. The van der Waals surface area contributed by atoms with Crippen molar-refractivity contribution in [2.45, 2.75) is 43.9 Å². The van der Waals surface area contributed by atoms with E-state index in [0.717, 1.165) is 41.4 Å². The minimum atomic E-state index is -0.271. The Kier molecular flexibility index (Phi) is 5.18. The summed E-state index contributed by atoms with van der Waals surface area (Å²) in [5, 5.41) is 0.844. The van der Waals surface area contributed by atoms with Gasteiger partial charge < -0.3 is 0 Å². The number of nitrogens with zero attached hydrogens (tertiary/aromatic N) is 2. The predicted octanol–water partition coefficient (Wildman–Crippen LogP) is 4.52. The number of ketones is 1. The first-order valence-corrected chi connectivity index (χ1v) is 10.5. The van der Waals surface area contributed by atoms with Gasteiger partial charge in [-0.3, -0.25) is 9.36 Å². The number of carbonyl (C=O) groups is 1. The van der Waals surface area contributed by atoms with Gasteiger partial charge in [-0.15, -0.1) is 11.8 Å². The fraction of sp³-hybridized carbons (Fsp3) is 0.261. The van der Waals surface area contributed by atoms with Gasteiger partial charge in [0.25, 0.3) is 0 Å². The number of aromatic nitrogens is 2. The molecule has 2 aromatic carbocycles.